The van der Waals surface area contributed by atoms with Gasteiger partial charge in [-0.2, -0.15) is 0 Å². The summed E-state index contributed by atoms with van der Waals surface area (Å²) >= 11 is 0. The second kappa shape index (κ2) is 10.5. The lowest BCUT2D eigenvalue weighted by atomic mass is 9.68. The molecule has 0 heterocycles. The minimum atomic E-state index is -0.204. The molecule has 1 saturated carbocycles. The molecule has 2 heteroatoms. The third kappa shape index (κ3) is 5.61. The van der Waals surface area contributed by atoms with E-state index in [-0.39, 0.29) is 5.82 Å². The van der Waals surface area contributed by atoms with Crippen LogP contribution in [0.2, 0.25) is 0 Å². The normalized spacial score (nSPS) is 20.5. The highest BCUT2D eigenvalue weighted by Crippen LogP contribution is 2.45. The van der Waals surface area contributed by atoms with E-state index >= 15 is 0 Å². The van der Waals surface area contributed by atoms with Crippen LogP contribution < -0.4 is 4.74 Å². The van der Waals surface area contributed by atoms with Crippen LogP contribution in [0, 0.1) is 11.2 Å². The monoisotopic (exact) mass is 386 g/mol. The van der Waals surface area contributed by atoms with Crippen molar-refractivity contribution in [2.75, 3.05) is 6.61 Å². The summed E-state index contributed by atoms with van der Waals surface area (Å²) in [5, 5.41) is 0. The number of halogens is 1. The molecule has 0 amide bonds. The van der Waals surface area contributed by atoms with E-state index < -0.39 is 0 Å². The zero-order valence-corrected chi connectivity index (χ0v) is 18.1. The molecular weight excluding hydrogens is 347 g/mol. The van der Waals surface area contributed by atoms with Crippen molar-refractivity contribution < 1.29 is 9.13 Å². The first-order valence-corrected chi connectivity index (χ1v) is 11.8. The number of hydrogen-bond acceptors (Lipinski definition) is 1. The fraction of sp³-hybridized carbons (Fsp3) is 0.692. The van der Waals surface area contributed by atoms with Gasteiger partial charge in [0.2, 0.25) is 0 Å². The minimum Gasteiger partial charge on any atom is -0.491 e. The fourth-order valence-electron chi connectivity index (χ4n) is 5.40. The Kier molecular flexibility index (Phi) is 8.00. The summed E-state index contributed by atoms with van der Waals surface area (Å²) in [6.45, 7) is 4.78. The maximum absolute atomic E-state index is 14.6. The first-order chi connectivity index (χ1) is 13.7. The van der Waals surface area contributed by atoms with Crippen molar-refractivity contribution in [1.29, 1.82) is 0 Å². The Labute approximate surface area is 171 Å². The highest BCUT2D eigenvalue weighted by molar-refractivity contribution is 5.32. The molecule has 0 spiro atoms. The van der Waals surface area contributed by atoms with Gasteiger partial charge in [-0.25, -0.2) is 4.39 Å². The summed E-state index contributed by atoms with van der Waals surface area (Å²) in [6, 6.07) is 5.70. The zero-order valence-electron chi connectivity index (χ0n) is 18.1. The average molecular weight is 387 g/mol. The zero-order chi connectivity index (χ0) is 19.8. The Morgan fingerprint density at radius 1 is 1.07 bits per heavy atom. The molecule has 1 aromatic carbocycles. The van der Waals surface area contributed by atoms with Crippen molar-refractivity contribution in [2.24, 2.45) is 5.41 Å². The molecule has 156 valence electrons. The van der Waals surface area contributed by atoms with Crippen molar-refractivity contribution in [1.82, 2.24) is 0 Å². The van der Waals surface area contributed by atoms with Gasteiger partial charge in [0.1, 0.15) is 0 Å². The number of hydrogen-bond donors (Lipinski definition) is 0. The maximum Gasteiger partial charge on any atom is 0.165 e. The highest BCUT2D eigenvalue weighted by Gasteiger charge is 2.31. The van der Waals surface area contributed by atoms with Crippen molar-refractivity contribution in [2.45, 2.75) is 103 Å². The lowest BCUT2D eigenvalue weighted by Gasteiger charge is -2.38. The fourth-order valence-corrected chi connectivity index (χ4v) is 5.40. The lowest BCUT2D eigenvalue weighted by molar-refractivity contribution is 0.156. The van der Waals surface area contributed by atoms with Crippen LogP contribution in [-0.4, -0.2) is 6.61 Å². The third-order valence-corrected chi connectivity index (χ3v) is 7.31. The van der Waals surface area contributed by atoms with Gasteiger partial charge in [-0.3, -0.25) is 0 Å². The van der Waals surface area contributed by atoms with Crippen LogP contribution in [0.5, 0.6) is 5.75 Å². The molecule has 0 bridgehead atoms. The van der Waals surface area contributed by atoms with Crippen LogP contribution in [0.1, 0.15) is 109 Å². The van der Waals surface area contributed by atoms with Gasteiger partial charge >= 0.3 is 0 Å². The Morgan fingerprint density at radius 3 is 2.54 bits per heavy atom. The molecule has 0 N–H and O–H groups in total. The average Bonchev–Trinajstić information content (AvgIpc) is 2.74. The summed E-state index contributed by atoms with van der Waals surface area (Å²) in [6.07, 6.45) is 19.4. The molecule has 2 aliphatic carbocycles. The topological polar surface area (TPSA) is 9.23 Å². The van der Waals surface area contributed by atoms with Crippen LogP contribution in [-0.2, 0) is 0 Å². The first-order valence-electron chi connectivity index (χ1n) is 11.8. The van der Waals surface area contributed by atoms with Crippen LogP contribution in [0.3, 0.4) is 0 Å². The molecule has 1 fully saturated rings. The minimum absolute atomic E-state index is 0.204. The van der Waals surface area contributed by atoms with Gasteiger partial charge in [-0.15, -0.1) is 0 Å². The quantitative estimate of drug-likeness (QED) is 0.387. The van der Waals surface area contributed by atoms with Crippen LogP contribution >= 0.6 is 0 Å². The Morgan fingerprint density at radius 2 is 1.89 bits per heavy atom. The van der Waals surface area contributed by atoms with Crippen molar-refractivity contribution in [3.8, 4) is 5.75 Å². The molecule has 1 unspecified atom stereocenters. The van der Waals surface area contributed by atoms with Gasteiger partial charge in [0.05, 0.1) is 6.61 Å². The number of allylic oxidation sites excluding steroid dienone is 2. The molecule has 28 heavy (non-hydrogen) atoms. The standard InChI is InChI=1S/C26H39FO/c1-3-26(16-9-6-10-17-26)18-15-23(19-21-11-7-5-8-12-21)22-13-14-25(28-4-2)24(27)20-22/h11,13-14,20,23H,3-10,12,15-19H2,1-2H3. The van der Waals surface area contributed by atoms with Gasteiger partial charge in [-0.1, -0.05) is 50.3 Å². The largest absolute Gasteiger partial charge is 0.491 e. The van der Waals surface area contributed by atoms with E-state index in [0.717, 1.165) is 12.0 Å². The number of ether oxygens (including phenoxy) is 1. The number of rotatable bonds is 9. The SMILES string of the molecule is CCOc1ccc(C(CCC2(CC)CCCCC2)CC2=CCCCC2)cc1F. The Hall–Kier alpha value is -1.31. The van der Waals surface area contributed by atoms with E-state index in [2.05, 4.69) is 19.1 Å². The van der Waals surface area contributed by atoms with Crippen molar-refractivity contribution in [3.63, 3.8) is 0 Å². The van der Waals surface area contributed by atoms with Gasteiger partial charge < -0.3 is 4.74 Å². The van der Waals surface area contributed by atoms with Gasteiger partial charge in [-0.05, 0) is 93.7 Å². The molecule has 1 aromatic rings. The molecule has 1 atom stereocenters. The van der Waals surface area contributed by atoms with Gasteiger partial charge in [0, 0.05) is 0 Å². The van der Waals surface area contributed by atoms with E-state index in [0.29, 0.717) is 23.7 Å². The van der Waals surface area contributed by atoms with Crippen LogP contribution in [0.4, 0.5) is 4.39 Å². The van der Waals surface area contributed by atoms with Crippen molar-refractivity contribution in [3.05, 3.63) is 41.2 Å². The van der Waals surface area contributed by atoms with Crippen LogP contribution in [0.25, 0.3) is 0 Å². The van der Waals surface area contributed by atoms with Gasteiger partial charge in [0.15, 0.2) is 11.6 Å². The van der Waals surface area contributed by atoms with Crippen LogP contribution in [0.15, 0.2) is 29.8 Å². The molecule has 3 rings (SSSR count). The molecule has 0 saturated heterocycles. The van der Waals surface area contributed by atoms with Crippen molar-refractivity contribution >= 4 is 0 Å². The third-order valence-electron chi connectivity index (χ3n) is 7.31. The van der Waals surface area contributed by atoms with E-state index in [9.17, 15) is 4.39 Å². The van der Waals surface area contributed by atoms with E-state index in [1.807, 2.05) is 13.0 Å². The lowest BCUT2D eigenvalue weighted by Crippen LogP contribution is -2.24. The number of benzene rings is 1. The summed E-state index contributed by atoms with van der Waals surface area (Å²) in [5.74, 6) is 0.615. The highest BCUT2D eigenvalue weighted by atomic mass is 19.1. The molecule has 2 aliphatic rings. The molecular formula is C26H39FO. The summed E-state index contributed by atoms with van der Waals surface area (Å²) in [5.41, 5.74) is 3.29. The maximum atomic E-state index is 14.6. The molecule has 0 aromatic heterocycles. The summed E-state index contributed by atoms with van der Waals surface area (Å²) in [7, 11) is 0. The Balaban J connectivity index is 1.76. The predicted octanol–water partition coefficient (Wildman–Crippen LogP) is 8.34. The van der Waals surface area contributed by atoms with Gasteiger partial charge in [0.25, 0.3) is 0 Å². The Bertz CT molecular complexity index is 642. The summed E-state index contributed by atoms with van der Waals surface area (Å²) < 4.78 is 20.0. The summed E-state index contributed by atoms with van der Waals surface area (Å²) in [4.78, 5) is 0. The predicted molar refractivity (Wildman–Crippen MR) is 117 cm³/mol. The first kappa shape index (κ1) is 21.4. The molecule has 0 radical (unpaired) electrons. The van der Waals surface area contributed by atoms with E-state index in [1.54, 1.807) is 11.6 Å². The molecule has 1 nitrogen and oxygen atoms in total. The molecule has 0 aliphatic heterocycles. The second-order valence-electron chi connectivity index (χ2n) is 9.08. The van der Waals surface area contributed by atoms with E-state index in [1.165, 1.54) is 77.0 Å². The second-order valence-corrected chi connectivity index (χ2v) is 9.08. The smallest absolute Gasteiger partial charge is 0.165 e. The van der Waals surface area contributed by atoms with E-state index in [4.69, 9.17) is 4.74 Å².